The summed E-state index contributed by atoms with van der Waals surface area (Å²) >= 11 is 0. The van der Waals surface area contributed by atoms with Gasteiger partial charge in [-0.05, 0) is 58.6 Å². The highest BCUT2D eigenvalue weighted by Crippen LogP contribution is 2.21. The summed E-state index contributed by atoms with van der Waals surface area (Å²) in [5, 5.41) is 3.46. The second-order valence-corrected chi connectivity index (χ2v) is 5.33. The Morgan fingerprint density at radius 2 is 1.95 bits per heavy atom. The van der Waals surface area contributed by atoms with Crippen LogP contribution in [0.5, 0.6) is 5.75 Å². The molecule has 1 N–H and O–H groups in total. The van der Waals surface area contributed by atoms with Crippen molar-refractivity contribution in [3.05, 3.63) is 29.8 Å². The van der Waals surface area contributed by atoms with Crippen LogP contribution in [0.3, 0.4) is 0 Å². The third kappa shape index (κ3) is 6.30. The van der Waals surface area contributed by atoms with Gasteiger partial charge in [0.1, 0.15) is 5.75 Å². The van der Waals surface area contributed by atoms with E-state index in [4.69, 9.17) is 0 Å². The molecule has 3 nitrogen and oxygen atoms in total. The van der Waals surface area contributed by atoms with E-state index in [1.807, 2.05) is 27.1 Å². The van der Waals surface area contributed by atoms with E-state index in [9.17, 15) is 8.78 Å². The van der Waals surface area contributed by atoms with Crippen molar-refractivity contribution < 1.29 is 13.5 Å². The van der Waals surface area contributed by atoms with Crippen LogP contribution >= 0.6 is 0 Å². The molecule has 5 heteroatoms. The molecule has 0 bridgehead atoms. The van der Waals surface area contributed by atoms with E-state index in [2.05, 4.69) is 21.9 Å². The number of hydrogen-bond donors (Lipinski definition) is 1. The van der Waals surface area contributed by atoms with Gasteiger partial charge in [0.15, 0.2) is 0 Å². The summed E-state index contributed by atoms with van der Waals surface area (Å²) < 4.78 is 28.8. The SMILES string of the molecule is CC(CCN(C)C)NC(C)c1cccc(OC(F)F)c1. The lowest BCUT2D eigenvalue weighted by molar-refractivity contribution is -0.0499. The molecule has 2 atom stereocenters. The molecule has 0 aliphatic carbocycles. The highest BCUT2D eigenvalue weighted by Gasteiger charge is 2.11. The van der Waals surface area contributed by atoms with Gasteiger partial charge in [-0.2, -0.15) is 8.78 Å². The number of hydrogen-bond acceptors (Lipinski definition) is 3. The fourth-order valence-corrected chi connectivity index (χ4v) is 2.02. The molecule has 1 aromatic carbocycles. The number of alkyl halides is 2. The first kappa shape index (κ1) is 16.9. The molecule has 114 valence electrons. The van der Waals surface area contributed by atoms with E-state index in [1.54, 1.807) is 12.1 Å². The maximum atomic E-state index is 12.2. The molecule has 2 unspecified atom stereocenters. The molecule has 0 fully saturated rings. The summed E-state index contributed by atoms with van der Waals surface area (Å²) in [6.07, 6.45) is 1.03. The lowest BCUT2D eigenvalue weighted by atomic mass is 10.1. The third-order valence-corrected chi connectivity index (χ3v) is 3.13. The molecule has 0 aliphatic heterocycles. The van der Waals surface area contributed by atoms with Crippen molar-refractivity contribution in [2.75, 3.05) is 20.6 Å². The lowest BCUT2D eigenvalue weighted by Crippen LogP contribution is -2.31. The van der Waals surface area contributed by atoms with Crippen LogP contribution in [0.2, 0.25) is 0 Å². The monoisotopic (exact) mass is 286 g/mol. The molecule has 0 saturated carbocycles. The van der Waals surface area contributed by atoms with Gasteiger partial charge >= 0.3 is 6.61 Å². The summed E-state index contributed by atoms with van der Waals surface area (Å²) in [6, 6.07) is 7.28. The summed E-state index contributed by atoms with van der Waals surface area (Å²) in [7, 11) is 4.09. The highest BCUT2D eigenvalue weighted by molar-refractivity contribution is 5.30. The molecule has 1 aromatic rings. The topological polar surface area (TPSA) is 24.5 Å². The van der Waals surface area contributed by atoms with Crippen LogP contribution in [-0.4, -0.2) is 38.2 Å². The average Bonchev–Trinajstić information content (AvgIpc) is 2.36. The largest absolute Gasteiger partial charge is 0.435 e. The van der Waals surface area contributed by atoms with Crippen LogP contribution < -0.4 is 10.1 Å². The minimum atomic E-state index is -2.78. The predicted molar refractivity (Wildman–Crippen MR) is 77.3 cm³/mol. The zero-order valence-electron chi connectivity index (χ0n) is 12.6. The first-order valence-electron chi connectivity index (χ1n) is 6.84. The normalized spacial score (nSPS) is 14.6. The Balaban J connectivity index is 2.56. The van der Waals surface area contributed by atoms with E-state index < -0.39 is 6.61 Å². The minimum absolute atomic E-state index is 0.0911. The van der Waals surface area contributed by atoms with Gasteiger partial charge in [-0.25, -0.2) is 0 Å². The standard InChI is InChI=1S/C15H24F2N2O/c1-11(8-9-19(3)4)18-12(2)13-6-5-7-14(10-13)20-15(16)17/h5-7,10-12,15,18H,8-9H2,1-4H3. The smallest absolute Gasteiger partial charge is 0.387 e. The first-order chi connectivity index (χ1) is 9.38. The number of rotatable bonds is 8. The summed E-state index contributed by atoms with van der Waals surface area (Å²) in [5.41, 5.74) is 0.944. The van der Waals surface area contributed by atoms with Crippen LogP contribution in [0.15, 0.2) is 24.3 Å². The van der Waals surface area contributed by atoms with Crippen LogP contribution in [0, 0.1) is 0 Å². The van der Waals surface area contributed by atoms with E-state index in [1.165, 1.54) is 6.07 Å². The molecular formula is C15H24F2N2O. The van der Waals surface area contributed by atoms with Crippen molar-refractivity contribution in [2.45, 2.75) is 39.0 Å². The van der Waals surface area contributed by atoms with Gasteiger partial charge in [-0.1, -0.05) is 12.1 Å². The highest BCUT2D eigenvalue weighted by atomic mass is 19.3. The van der Waals surface area contributed by atoms with E-state index >= 15 is 0 Å². The Kier molecular flexibility index (Phi) is 6.88. The van der Waals surface area contributed by atoms with Crippen molar-refractivity contribution in [1.82, 2.24) is 10.2 Å². The average molecular weight is 286 g/mol. The van der Waals surface area contributed by atoms with Crippen LogP contribution in [-0.2, 0) is 0 Å². The van der Waals surface area contributed by atoms with Crippen LogP contribution in [0.4, 0.5) is 8.78 Å². The van der Waals surface area contributed by atoms with Crippen molar-refractivity contribution in [3.8, 4) is 5.75 Å². The van der Waals surface area contributed by atoms with Gasteiger partial charge in [0, 0.05) is 12.1 Å². The van der Waals surface area contributed by atoms with Crippen LogP contribution in [0.25, 0.3) is 0 Å². The zero-order valence-corrected chi connectivity index (χ0v) is 12.6. The Morgan fingerprint density at radius 3 is 2.55 bits per heavy atom. The van der Waals surface area contributed by atoms with E-state index in [-0.39, 0.29) is 11.8 Å². The molecule has 20 heavy (non-hydrogen) atoms. The quantitative estimate of drug-likeness (QED) is 0.793. The van der Waals surface area contributed by atoms with Gasteiger partial charge in [0.25, 0.3) is 0 Å². The van der Waals surface area contributed by atoms with Crippen molar-refractivity contribution in [2.24, 2.45) is 0 Å². The summed E-state index contributed by atoms with van der Waals surface area (Å²) in [6.45, 7) is 2.37. The molecule has 0 heterocycles. The molecule has 0 aromatic heterocycles. The first-order valence-corrected chi connectivity index (χ1v) is 6.84. The maximum Gasteiger partial charge on any atom is 0.387 e. The lowest BCUT2D eigenvalue weighted by Gasteiger charge is -2.22. The molecule has 0 radical (unpaired) electrons. The fraction of sp³-hybridized carbons (Fsp3) is 0.600. The molecule has 0 spiro atoms. The van der Waals surface area contributed by atoms with Crippen molar-refractivity contribution in [1.29, 1.82) is 0 Å². The third-order valence-electron chi connectivity index (χ3n) is 3.13. The number of nitrogens with one attached hydrogen (secondary N) is 1. The minimum Gasteiger partial charge on any atom is -0.435 e. The van der Waals surface area contributed by atoms with Gasteiger partial charge < -0.3 is 15.0 Å². The number of ether oxygens (including phenoxy) is 1. The maximum absolute atomic E-state index is 12.2. The van der Waals surface area contributed by atoms with E-state index in [0.29, 0.717) is 6.04 Å². The van der Waals surface area contributed by atoms with E-state index in [0.717, 1.165) is 18.5 Å². The van der Waals surface area contributed by atoms with Gasteiger partial charge in [-0.3, -0.25) is 0 Å². The Labute approximate surface area is 119 Å². The molecular weight excluding hydrogens is 262 g/mol. The Bertz CT molecular complexity index is 399. The number of nitrogens with zero attached hydrogens (tertiary/aromatic N) is 1. The molecule has 0 amide bonds. The Hall–Kier alpha value is -1.20. The second kappa shape index (κ2) is 8.17. The zero-order chi connectivity index (χ0) is 15.1. The van der Waals surface area contributed by atoms with Gasteiger partial charge in [0.2, 0.25) is 0 Å². The van der Waals surface area contributed by atoms with Gasteiger partial charge in [-0.15, -0.1) is 0 Å². The molecule has 0 saturated heterocycles. The summed E-state index contributed by atoms with van der Waals surface area (Å²) in [5.74, 6) is 0.201. The summed E-state index contributed by atoms with van der Waals surface area (Å²) in [4.78, 5) is 2.14. The van der Waals surface area contributed by atoms with Crippen molar-refractivity contribution >= 4 is 0 Å². The molecule has 0 aliphatic rings. The number of halogens is 2. The predicted octanol–water partition coefficient (Wildman–Crippen LogP) is 3.28. The Morgan fingerprint density at radius 1 is 1.25 bits per heavy atom. The fourth-order valence-electron chi connectivity index (χ4n) is 2.02. The second-order valence-electron chi connectivity index (χ2n) is 5.33. The number of benzene rings is 1. The van der Waals surface area contributed by atoms with Crippen LogP contribution in [0.1, 0.15) is 31.9 Å². The van der Waals surface area contributed by atoms with Gasteiger partial charge in [0.05, 0.1) is 0 Å². The molecule has 1 rings (SSSR count). The van der Waals surface area contributed by atoms with Crippen molar-refractivity contribution in [3.63, 3.8) is 0 Å².